The molecule has 2 aromatic carbocycles. The van der Waals surface area contributed by atoms with Crippen molar-refractivity contribution in [1.29, 1.82) is 0 Å². The van der Waals surface area contributed by atoms with Gasteiger partial charge in [-0.3, -0.25) is 9.36 Å². The molecule has 0 spiro atoms. The summed E-state index contributed by atoms with van der Waals surface area (Å²) in [5.41, 5.74) is 1.53. The largest absolute Gasteiger partial charge is 0.495 e. The van der Waals surface area contributed by atoms with Gasteiger partial charge < -0.3 is 4.74 Å². The van der Waals surface area contributed by atoms with Crippen LogP contribution >= 0.6 is 23.1 Å². The van der Waals surface area contributed by atoms with Crippen LogP contribution in [0.2, 0.25) is 0 Å². The van der Waals surface area contributed by atoms with Crippen molar-refractivity contribution in [2.45, 2.75) is 5.16 Å². The number of Topliss-reactive ketones (excluding diaryl/α,β-unsaturated/α-hetero) is 1. The summed E-state index contributed by atoms with van der Waals surface area (Å²) in [6.07, 6.45) is 0. The second-order valence-corrected chi connectivity index (χ2v) is 7.76. The van der Waals surface area contributed by atoms with Crippen molar-refractivity contribution < 1.29 is 9.53 Å². The van der Waals surface area contributed by atoms with Gasteiger partial charge in [0.2, 0.25) is 0 Å². The van der Waals surface area contributed by atoms with E-state index in [0.717, 1.165) is 22.1 Å². The fourth-order valence-electron chi connectivity index (χ4n) is 2.80. The van der Waals surface area contributed by atoms with Crippen molar-refractivity contribution in [3.63, 3.8) is 0 Å². The highest BCUT2D eigenvalue weighted by Crippen LogP contribution is 2.34. The number of ether oxygens (including phenoxy) is 1. The number of benzene rings is 2. The minimum absolute atomic E-state index is 0.0536. The molecule has 0 aliphatic rings. The first-order valence-electron chi connectivity index (χ1n) is 8.61. The van der Waals surface area contributed by atoms with Crippen LogP contribution in [0.5, 0.6) is 5.75 Å². The maximum Gasteiger partial charge on any atom is 0.196 e. The topological polar surface area (TPSA) is 57.0 Å². The number of hydrogen-bond acceptors (Lipinski definition) is 6. The third-order valence-electron chi connectivity index (χ3n) is 4.13. The molecule has 0 saturated carbocycles. The zero-order valence-electron chi connectivity index (χ0n) is 15.1. The fraction of sp³-hybridized carbons (Fsp3) is 0.0952. The Morgan fingerprint density at radius 1 is 1.04 bits per heavy atom. The molecule has 0 atom stereocenters. The van der Waals surface area contributed by atoms with Crippen LogP contribution in [-0.2, 0) is 0 Å². The third-order valence-corrected chi connectivity index (χ3v) is 5.92. The van der Waals surface area contributed by atoms with Crippen LogP contribution in [0, 0.1) is 0 Å². The first-order valence-corrected chi connectivity index (χ1v) is 10.5. The van der Waals surface area contributed by atoms with E-state index >= 15 is 0 Å². The van der Waals surface area contributed by atoms with E-state index in [9.17, 15) is 4.79 Å². The first kappa shape index (κ1) is 18.5. The van der Waals surface area contributed by atoms with Gasteiger partial charge in [0.05, 0.1) is 23.4 Å². The standard InChI is InChI=1S/C21H17N3O2S2/c1-26-18-11-6-5-10-16(18)24-20(19-12-7-13-27-19)22-23-21(24)28-14-17(25)15-8-3-2-4-9-15/h2-13H,14H2,1H3. The Morgan fingerprint density at radius 3 is 2.57 bits per heavy atom. The summed E-state index contributed by atoms with van der Waals surface area (Å²) in [5, 5.41) is 11.4. The van der Waals surface area contributed by atoms with Crippen LogP contribution in [0.1, 0.15) is 10.4 Å². The van der Waals surface area contributed by atoms with Gasteiger partial charge in [-0.1, -0.05) is 60.3 Å². The van der Waals surface area contributed by atoms with Crippen molar-refractivity contribution in [2.24, 2.45) is 0 Å². The lowest BCUT2D eigenvalue weighted by Crippen LogP contribution is -2.05. The molecule has 0 bridgehead atoms. The van der Waals surface area contributed by atoms with E-state index < -0.39 is 0 Å². The summed E-state index contributed by atoms with van der Waals surface area (Å²) >= 11 is 2.96. The predicted octanol–water partition coefficient (Wildman–Crippen LogP) is 4.98. The minimum atomic E-state index is 0.0536. The Bertz CT molecular complexity index is 1080. The maximum absolute atomic E-state index is 12.5. The number of carbonyl (C=O) groups is 1. The van der Waals surface area contributed by atoms with Gasteiger partial charge in [0, 0.05) is 5.56 Å². The number of para-hydroxylation sites is 2. The molecule has 0 amide bonds. The van der Waals surface area contributed by atoms with E-state index in [2.05, 4.69) is 10.2 Å². The van der Waals surface area contributed by atoms with Crippen molar-refractivity contribution in [2.75, 3.05) is 12.9 Å². The summed E-state index contributed by atoms with van der Waals surface area (Å²) < 4.78 is 7.49. The predicted molar refractivity (Wildman–Crippen MR) is 113 cm³/mol. The molecule has 2 aromatic heterocycles. The molecule has 0 saturated heterocycles. The van der Waals surface area contributed by atoms with Crippen LogP contribution in [0.15, 0.2) is 77.3 Å². The average molecular weight is 408 g/mol. The SMILES string of the molecule is COc1ccccc1-n1c(SCC(=O)c2ccccc2)nnc1-c1cccs1. The molecular formula is C21H17N3O2S2. The number of hydrogen-bond donors (Lipinski definition) is 0. The van der Waals surface area contributed by atoms with E-state index in [0.29, 0.717) is 10.7 Å². The smallest absolute Gasteiger partial charge is 0.196 e. The Balaban J connectivity index is 1.71. The quantitative estimate of drug-likeness (QED) is 0.319. The lowest BCUT2D eigenvalue weighted by atomic mass is 10.2. The number of thioether (sulfide) groups is 1. The highest BCUT2D eigenvalue weighted by atomic mass is 32.2. The number of ketones is 1. The highest BCUT2D eigenvalue weighted by Gasteiger charge is 2.20. The molecule has 28 heavy (non-hydrogen) atoms. The lowest BCUT2D eigenvalue weighted by Gasteiger charge is -2.13. The molecule has 4 rings (SSSR count). The number of rotatable bonds is 7. The van der Waals surface area contributed by atoms with Crippen molar-refractivity contribution in [1.82, 2.24) is 14.8 Å². The van der Waals surface area contributed by atoms with Gasteiger partial charge in [-0.2, -0.15) is 0 Å². The maximum atomic E-state index is 12.5. The van der Waals surface area contributed by atoms with Crippen LogP contribution < -0.4 is 4.74 Å². The number of nitrogens with zero attached hydrogens (tertiary/aromatic N) is 3. The number of aromatic nitrogens is 3. The van der Waals surface area contributed by atoms with Crippen molar-refractivity contribution >= 4 is 28.9 Å². The summed E-state index contributed by atoms with van der Waals surface area (Å²) in [5.74, 6) is 1.78. The summed E-state index contributed by atoms with van der Waals surface area (Å²) in [6.45, 7) is 0. The monoisotopic (exact) mass is 407 g/mol. The van der Waals surface area contributed by atoms with E-state index in [1.165, 1.54) is 11.8 Å². The van der Waals surface area contributed by atoms with E-state index in [-0.39, 0.29) is 11.5 Å². The molecule has 0 unspecified atom stereocenters. The van der Waals surface area contributed by atoms with Crippen LogP contribution in [-0.4, -0.2) is 33.4 Å². The van der Waals surface area contributed by atoms with Crippen LogP contribution in [0.3, 0.4) is 0 Å². The Labute approximate surface area is 171 Å². The third kappa shape index (κ3) is 3.72. The molecule has 4 aromatic rings. The summed E-state index contributed by atoms with van der Waals surface area (Å²) in [4.78, 5) is 13.5. The summed E-state index contributed by atoms with van der Waals surface area (Å²) in [6, 6.07) is 21.0. The Kier molecular flexibility index (Phi) is 5.55. The number of thiophene rings is 1. The first-order chi connectivity index (χ1) is 13.8. The van der Waals surface area contributed by atoms with E-state index in [1.807, 2.05) is 76.7 Å². The number of carbonyl (C=O) groups excluding carboxylic acids is 1. The average Bonchev–Trinajstić information content (AvgIpc) is 3.42. The molecule has 0 N–H and O–H groups in total. The van der Waals surface area contributed by atoms with Gasteiger partial charge in [-0.15, -0.1) is 21.5 Å². The second-order valence-electron chi connectivity index (χ2n) is 5.87. The molecule has 2 heterocycles. The van der Waals surface area contributed by atoms with Gasteiger partial charge in [0.1, 0.15) is 5.75 Å². The molecule has 5 nitrogen and oxygen atoms in total. The van der Waals surface area contributed by atoms with E-state index in [4.69, 9.17) is 4.74 Å². The van der Waals surface area contributed by atoms with Gasteiger partial charge in [-0.05, 0) is 23.6 Å². The van der Waals surface area contributed by atoms with Gasteiger partial charge in [-0.25, -0.2) is 0 Å². The zero-order valence-corrected chi connectivity index (χ0v) is 16.7. The van der Waals surface area contributed by atoms with Gasteiger partial charge >= 0.3 is 0 Å². The van der Waals surface area contributed by atoms with Gasteiger partial charge in [0.25, 0.3) is 0 Å². The normalized spacial score (nSPS) is 10.8. The van der Waals surface area contributed by atoms with Crippen molar-refractivity contribution in [3.05, 3.63) is 77.7 Å². The summed E-state index contributed by atoms with van der Waals surface area (Å²) in [7, 11) is 1.64. The molecule has 0 aliphatic heterocycles. The van der Waals surface area contributed by atoms with Crippen LogP contribution in [0.4, 0.5) is 0 Å². The fourth-order valence-corrected chi connectivity index (χ4v) is 4.34. The van der Waals surface area contributed by atoms with E-state index in [1.54, 1.807) is 18.4 Å². The molecule has 0 fully saturated rings. The molecule has 0 aliphatic carbocycles. The highest BCUT2D eigenvalue weighted by molar-refractivity contribution is 7.99. The van der Waals surface area contributed by atoms with Crippen molar-refractivity contribution in [3.8, 4) is 22.1 Å². The number of methoxy groups -OCH3 is 1. The zero-order chi connectivity index (χ0) is 19.3. The molecular weight excluding hydrogens is 390 g/mol. The molecule has 7 heteroatoms. The molecule has 140 valence electrons. The minimum Gasteiger partial charge on any atom is -0.495 e. The van der Waals surface area contributed by atoms with Crippen LogP contribution in [0.25, 0.3) is 16.4 Å². The molecule has 0 radical (unpaired) electrons. The Hall–Kier alpha value is -2.90. The van der Waals surface area contributed by atoms with Gasteiger partial charge in [0.15, 0.2) is 16.8 Å². The Morgan fingerprint density at radius 2 is 1.82 bits per heavy atom. The lowest BCUT2D eigenvalue weighted by molar-refractivity contribution is 0.102. The second kappa shape index (κ2) is 8.41.